The molecule has 2 rings (SSSR count). The van der Waals surface area contributed by atoms with Gasteiger partial charge in [-0.15, -0.1) is 0 Å². The fourth-order valence-corrected chi connectivity index (χ4v) is 1.86. The van der Waals surface area contributed by atoms with E-state index in [-0.39, 0.29) is 11.3 Å². The van der Waals surface area contributed by atoms with Crippen molar-refractivity contribution in [3.63, 3.8) is 0 Å². The van der Waals surface area contributed by atoms with E-state index in [9.17, 15) is 18.7 Å². The first-order valence-electron chi connectivity index (χ1n) is 6.64. The second-order valence-corrected chi connectivity index (χ2v) is 4.48. The molecule has 0 aliphatic rings. The van der Waals surface area contributed by atoms with Gasteiger partial charge in [-0.1, -0.05) is 12.1 Å². The number of hydrogen-bond donors (Lipinski definition) is 1. The number of halogens is 2. The summed E-state index contributed by atoms with van der Waals surface area (Å²) in [5.41, 5.74) is 0.401. The topological polar surface area (TPSA) is 46.5 Å². The van der Waals surface area contributed by atoms with E-state index in [2.05, 4.69) is 0 Å². The lowest BCUT2D eigenvalue weighted by atomic mass is 10.1. The van der Waals surface area contributed by atoms with Crippen LogP contribution >= 0.6 is 0 Å². The van der Waals surface area contributed by atoms with E-state index in [0.29, 0.717) is 24.0 Å². The van der Waals surface area contributed by atoms with Crippen molar-refractivity contribution in [1.29, 1.82) is 0 Å². The zero-order valence-electron chi connectivity index (χ0n) is 11.8. The summed E-state index contributed by atoms with van der Waals surface area (Å²) in [5.74, 6) is -1.93. The van der Waals surface area contributed by atoms with E-state index >= 15 is 0 Å². The Hall–Kier alpha value is -2.69. The second kappa shape index (κ2) is 6.85. The lowest BCUT2D eigenvalue weighted by molar-refractivity contribution is 0.104. The van der Waals surface area contributed by atoms with Crippen LogP contribution in [0.3, 0.4) is 0 Å². The van der Waals surface area contributed by atoms with E-state index in [1.165, 1.54) is 18.2 Å². The molecule has 0 amide bonds. The van der Waals surface area contributed by atoms with Gasteiger partial charge < -0.3 is 9.84 Å². The highest BCUT2D eigenvalue weighted by Crippen LogP contribution is 2.27. The fraction of sp³-hybridized carbons (Fsp3) is 0.118. The third kappa shape index (κ3) is 3.69. The van der Waals surface area contributed by atoms with Crippen molar-refractivity contribution in [3.8, 4) is 11.5 Å². The standard InChI is InChI=1S/C17H14F2O3/c1-2-22-17-9-11(4-8-16(17)21)3-7-15(20)13-6-5-12(18)10-14(13)19/h3-10,21H,2H2,1H3. The summed E-state index contributed by atoms with van der Waals surface area (Å²) >= 11 is 0. The van der Waals surface area contributed by atoms with Gasteiger partial charge in [0.15, 0.2) is 17.3 Å². The van der Waals surface area contributed by atoms with Crippen molar-refractivity contribution in [3.05, 3.63) is 65.2 Å². The van der Waals surface area contributed by atoms with Gasteiger partial charge in [-0.3, -0.25) is 4.79 Å². The van der Waals surface area contributed by atoms with Crippen LogP contribution in [-0.4, -0.2) is 17.5 Å². The molecule has 114 valence electrons. The SMILES string of the molecule is CCOc1cc(C=CC(=O)c2ccc(F)cc2F)ccc1O. The molecule has 3 nitrogen and oxygen atoms in total. The van der Waals surface area contributed by atoms with Crippen molar-refractivity contribution >= 4 is 11.9 Å². The van der Waals surface area contributed by atoms with Gasteiger partial charge in [-0.2, -0.15) is 0 Å². The van der Waals surface area contributed by atoms with Gasteiger partial charge in [0, 0.05) is 6.07 Å². The maximum atomic E-state index is 13.5. The molecule has 0 radical (unpaired) electrons. The lowest BCUT2D eigenvalue weighted by Gasteiger charge is -2.06. The summed E-state index contributed by atoms with van der Waals surface area (Å²) < 4.78 is 31.5. The number of allylic oxidation sites excluding steroid dienone is 1. The number of ketones is 1. The van der Waals surface area contributed by atoms with Gasteiger partial charge in [0.2, 0.25) is 0 Å². The zero-order valence-corrected chi connectivity index (χ0v) is 11.8. The van der Waals surface area contributed by atoms with Crippen LogP contribution < -0.4 is 4.74 Å². The highest BCUT2D eigenvalue weighted by molar-refractivity contribution is 6.07. The molecule has 0 unspecified atom stereocenters. The van der Waals surface area contributed by atoms with Gasteiger partial charge in [0.05, 0.1) is 12.2 Å². The van der Waals surface area contributed by atoms with Crippen molar-refractivity contribution in [1.82, 2.24) is 0 Å². The number of phenols is 1. The highest BCUT2D eigenvalue weighted by Gasteiger charge is 2.10. The van der Waals surface area contributed by atoms with Gasteiger partial charge in [-0.25, -0.2) is 8.78 Å². The predicted molar refractivity (Wildman–Crippen MR) is 79.0 cm³/mol. The Morgan fingerprint density at radius 3 is 2.68 bits per heavy atom. The van der Waals surface area contributed by atoms with Gasteiger partial charge >= 0.3 is 0 Å². The Kier molecular flexibility index (Phi) is 4.88. The van der Waals surface area contributed by atoms with Crippen molar-refractivity contribution < 1.29 is 23.4 Å². The molecule has 5 heteroatoms. The van der Waals surface area contributed by atoms with E-state index in [4.69, 9.17) is 4.74 Å². The average molecular weight is 304 g/mol. The average Bonchev–Trinajstić information content (AvgIpc) is 2.48. The van der Waals surface area contributed by atoms with Crippen LogP contribution in [0.25, 0.3) is 6.08 Å². The Labute approximate surface area is 126 Å². The molecular weight excluding hydrogens is 290 g/mol. The molecule has 0 aliphatic carbocycles. The van der Waals surface area contributed by atoms with Crippen LogP contribution in [0.15, 0.2) is 42.5 Å². The number of hydrogen-bond acceptors (Lipinski definition) is 3. The third-order valence-corrected chi connectivity index (χ3v) is 2.91. The van der Waals surface area contributed by atoms with Gasteiger partial charge in [-0.05, 0) is 42.8 Å². The first-order valence-corrected chi connectivity index (χ1v) is 6.64. The Bertz CT molecular complexity index is 724. The van der Waals surface area contributed by atoms with Crippen LogP contribution in [0.4, 0.5) is 8.78 Å². The summed E-state index contributed by atoms with van der Waals surface area (Å²) in [6.45, 7) is 2.17. The minimum atomic E-state index is -0.907. The monoisotopic (exact) mass is 304 g/mol. The number of aromatic hydroxyl groups is 1. The largest absolute Gasteiger partial charge is 0.504 e. The minimum absolute atomic E-state index is 0.00472. The second-order valence-electron chi connectivity index (χ2n) is 4.48. The number of rotatable bonds is 5. The smallest absolute Gasteiger partial charge is 0.188 e. The first kappa shape index (κ1) is 15.7. The van der Waals surface area contributed by atoms with Crippen molar-refractivity contribution in [2.75, 3.05) is 6.61 Å². The summed E-state index contributed by atoms with van der Waals surface area (Å²) in [4.78, 5) is 11.9. The van der Waals surface area contributed by atoms with E-state index < -0.39 is 17.4 Å². The molecule has 1 N–H and O–H groups in total. The summed E-state index contributed by atoms with van der Waals surface area (Å²) in [5, 5.41) is 9.58. The van der Waals surface area contributed by atoms with Crippen LogP contribution in [0.2, 0.25) is 0 Å². The molecule has 2 aromatic rings. The number of benzene rings is 2. The number of carbonyl (C=O) groups excluding carboxylic acids is 1. The third-order valence-electron chi connectivity index (χ3n) is 2.91. The summed E-state index contributed by atoms with van der Waals surface area (Å²) in [7, 11) is 0. The van der Waals surface area contributed by atoms with Crippen LogP contribution in [-0.2, 0) is 0 Å². The Morgan fingerprint density at radius 1 is 1.23 bits per heavy atom. The first-order chi connectivity index (χ1) is 10.5. The van der Waals surface area contributed by atoms with Crippen molar-refractivity contribution in [2.24, 2.45) is 0 Å². The van der Waals surface area contributed by atoms with E-state index in [1.807, 2.05) is 0 Å². The van der Waals surface area contributed by atoms with Crippen LogP contribution in [0.1, 0.15) is 22.8 Å². The molecule has 0 heterocycles. The zero-order chi connectivity index (χ0) is 16.1. The molecule has 0 spiro atoms. The van der Waals surface area contributed by atoms with Crippen molar-refractivity contribution in [2.45, 2.75) is 6.92 Å². The van der Waals surface area contributed by atoms with E-state index in [0.717, 1.165) is 12.1 Å². The normalized spacial score (nSPS) is 10.9. The number of ether oxygens (including phenoxy) is 1. The molecule has 0 saturated carbocycles. The Balaban J connectivity index is 2.20. The molecule has 0 fully saturated rings. The molecule has 0 aromatic heterocycles. The lowest BCUT2D eigenvalue weighted by Crippen LogP contribution is -1.99. The summed E-state index contributed by atoms with van der Waals surface area (Å²) in [6.07, 6.45) is 2.64. The van der Waals surface area contributed by atoms with Gasteiger partial charge in [0.1, 0.15) is 11.6 Å². The summed E-state index contributed by atoms with van der Waals surface area (Å²) in [6, 6.07) is 7.37. The molecule has 0 saturated heterocycles. The Morgan fingerprint density at radius 2 is 2.00 bits per heavy atom. The molecule has 2 aromatic carbocycles. The fourth-order valence-electron chi connectivity index (χ4n) is 1.86. The maximum absolute atomic E-state index is 13.5. The molecule has 0 atom stereocenters. The van der Waals surface area contributed by atoms with Gasteiger partial charge in [0.25, 0.3) is 0 Å². The van der Waals surface area contributed by atoms with Crippen LogP contribution in [0.5, 0.6) is 11.5 Å². The molecule has 0 bridgehead atoms. The predicted octanol–water partition coefficient (Wildman–Crippen LogP) is 3.97. The maximum Gasteiger partial charge on any atom is 0.188 e. The quantitative estimate of drug-likeness (QED) is 0.671. The minimum Gasteiger partial charge on any atom is -0.504 e. The van der Waals surface area contributed by atoms with Crippen LogP contribution in [0, 0.1) is 11.6 Å². The molecular formula is C17H14F2O3. The van der Waals surface area contributed by atoms with E-state index in [1.54, 1.807) is 19.1 Å². The number of carbonyl (C=O) groups is 1. The highest BCUT2D eigenvalue weighted by atomic mass is 19.1. The number of phenolic OH excluding ortho intramolecular Hbond substituents is 1. The molecule has 0 aliphatic heterocycles. The molecule has 22 heavy (non-hydrogen) atoms.